The van der Waals surface area contributed by atoms with E-state index in [9.17, 15) is 0 Å². The summed E-state index contributed by atoms with van der Waals surface area (Å²) in [6.07, 6.45) is 5.64. The van der Waals surface area contributed by atoms with Gasteiger partial charge in [-0.05, 0) is 0 Å². The van der Waals surface area contributed by atoms with E-state index in [-0.39, 0.29) is 0 Å². The molecule has 0 unspecified atom stereocenters. The second kappa shape index (κ2) is 4.35. The number of hydrogen-bond acceptors (Lipinski definition) is 0. The number of rotatable bonds is 1. The van der Waals surface area contributed by atoms with Crippen molar-refractivity contribution in [2.24, 2.45) is 0 Å². The first kappa shape index (κ1) is 11.9. The van der Waals surface area contributed by atoms with Gasteiger partial charge in [-0.1, -0.05) is 0 Å². The summed E-state index contributed by atoms with van der Waals surface area (Å²) < 4.78 is 1.49. The zero-order chi connectivity index (χ0) is 11.9. The van der Waals surface area contributed by atoms with Gasteiger partial charge in [-0.15, -0.1) is 0 Å². The van der Waals surface area contributed by atoms with Crippen LogP contribution in [0.4, 0.5) is 0 Å². The van der Waals surface area contributed by atoms with Crippen molar-refractivity contribution in [3.63, 3.8) is 0 Å². The fourth-order valence-corrected chi connectivity index (χ4v) is 2.77. The summed E-state index contributed by atoms with van der Waals surface area (Å²) >= 11 is 2.24. The van der Waals surface area contributed by atoms with Gasteiger partial charge >= 0.3 is 110 Å². The molecular weight excluding hydrogens is 228 g/mol. The maximum absolute atomic E-state index is 2.34. The first-order valence-electron chi connectivity index (χ1n) is 5.71. The maximum atomic E-state index is 2.34. The molecule has 1 aliphatic rings. The van der Waals surface area contributed by atoms with Crippen LogP contribution in [0, 0.1) is 27.7 Å². The second-order valence-electron chi connectivity index (χ2n) is 4.61. The van der Waals surface area contributed by atoms with E-state index in [1.165, 1.54) is 37.3 Å². The van der Waals surface area contributed by atoms with E-state index >= 15 is 0 Å². The Hall–Kier alpha value is -0.586. The minimum absolute atomic E-state index is 1.11. The Bertz CT molecular complexity index is 505. The average Bonchev–Trinajstić information content (AvgIpc) is 2.67. The van der Waals surface area contributed by atoms with Gasteiger partial charge in [0.2, 0.25) is 0 Å². The van der Waals surface area contributed by atoms with E-state index in [2.05, 4.69) is 66.3 Å². The Morgan fingerprint density at radius 1 is 1.00 bits per heavy atom. The van der Waals surface area contributed by atoms with Crippen molar-refractivity contribution in [2.75, 3.05) is 0 Å². The molecule has 1 heteroatoms. The van der Waals surface area contributed by atoms with Crippen LogP contribution in [-0.2, 0) is 20.4 Å². The first-order valence-corrected chi connectivity index (χ1v) is 6.49. The molecule has 0 fully saturated rings. The molecular formula is C15H17Ti. The zero-order valence-electron chi connectivity index (χ0n) is 10.4. The van der Waals surface area contributed by atoms with Gasteiger partial charge in [0.05, 0.1) is 0 Å². The quantitative estimate of drug-likeness (QED) is 0.652. The standard InChI is InChI=1S/C15H17.Ti/c1-10-9-15(14-7-5-6-8-14)13(4)12(3)11(10)2;/h5,7,9H,6H2,1-4H3;. The third-order valence-corrected chi connectivity index (χ3v) is 4.44. The molecule has 0 atom stereocenters. The van der Waals surface area contributed by atoms with E-state index < -0.39 is 0 Å². The molecule has 1 aromatic rings. The van der Waals surface area contributed by atoms with E-state index in [0.717, 1.165) is 6.42 Å². The van der Waals surface area contributed by atoms with Crippen LogP contribution in [0.5, 0.6) is 0 Å². The van der Waals surface area contributed by atoms with Crippen LogP contribution in [0.3, 0.4) is 0 Å². The third-order valence-electron chi connectivity index (χ3n) is 3.70. The normalized spacial score (nSPS) is 14.9. The Labute approximate surface area is 110 Å². The molecule has 81 valence electrons. The molecule has 16 heavy (non-hydrogen) atoms. The van der Waals surface area contributed by atoms with Gasteiger partial charge < -0.3 is 0 Å². The summed E-state index contributed by atoms with van der Waals surface area (Å²) in [5.74, 6) is 0. The predicted octanol–water partition coefficient (Wildman–Crippen LogP) is 4.14. The SMILES string of the molecule is Cc1cc(C2=[C]([Ti])CC=C2)c(C)c(C)c1C. The monoisotopic (exact) mass is 245 g/mol. The van der Waals surface area contributed by atoms with E-state index in [1.54, 1.807) is 0 Å². The Morgan fingerprint density at radius 2 is 1.69 bits per heavy atom. The summed E-state index contributed by atoms with van der Waals surface area (Å²) in [6, 6.07) is 2.34. The molecule has 1 aromatic carbocycles. The Morgan fingerprint density at radius 3 is 2.25 bits per heavy atom. The fraction of sp³-hybridized carbons (Fsp3) is 0.333. The van der Waals surface area contributed by atoms with E-state index in [0.29, 0.717) is 0 Å². The second-order valence-corrected chi connectivity index (χ2v) is 5.56. The molecule has 0 spiro atoms. The van der Waals surface area contributed by atoms with Gasteiger partial charge in [0, 0.05) is 0 Å². The van der Waals surface area contributed by atoms with Crippen molar-refractivity contribution in [3.05, 3.63) is 49.9 Å². The van der Waals surface area contributed by atoms with Gasteiger partial charge in [0.25, 0.3) is 0 Å². The third kappa shape index (κ3) is 1.85. The Balaban J connectivity index is 2.67. The summed E-state index contributed by atoms with van der Waals surface area (Å²) in [6.45, 7) is 8.90. The summed E-state index contributed by atoms with van der Waals surface area (Å²) in [7, 11) is 0. The van der Waals surface area contributed by atoms with E-state index in [1.807, 2.05) is 0 Å². The van der Waals surface area contributed by atoms with Crippen LogP contribution in [0.2, 0.25) is 0 Å². The topological polar surface area (TPSA) is 0 Å². The van der Waals surface area contributed by atoms with Crippen molar-refractivity contribution < 1.29 is 20.4 Å². The average molecular weight is 245 g/mol. The van der Waals surface area contributed by atoms with Gasteiger partial charge in [-0.25, -0.2) is 0 Å². The molecule has 0 heterocycles. The number of benzene rings is 1. The predicted molar refractivity (Wildman–Crippen MR) is 66.1 cm³/mol. The molecule has 0 radical (unpaired) electrons. The summed E-state index contributed by atoms with van der Waals surface area (Å²) in [4.78, 5) is 0. The van der Waals surface area contributed by atoms with Crippen LogP contribution >= 0.6 is 0 Å². The van der Waals surface area contributed by atoms with Crippen LogP contribution in [0.1, 0.15) is 34.2 Å². The van der Waals surface area contributed by atoms with Crippen molar-refractivity contribution in [2.45, 2.75) is 34.1 Å². The first-order chi connectivity index (χ1) is 7.52. The molecule has 0 saturated carbocycles. The molecule has 1 aliphatic carbocycles. The van der Waals surface area contributed by atoms with Crippen LogP contribution in [-0.4, -0.2) is 0 Å². The fourth-order valence-electron chi connectivity index (χ4n) is 2.25. The number of allylic oxidation sites excluding steroid dienone is 4. The van der Waals surface area contributed by atoms with Crippen LogP contribution < -0.4 is 0 Å². The molecule has 2 rings (SSSR count). The van der Waals surface area contributed by atoms with Gasteiger partial charge in [0.15, 0.2) is 0 Å². The molecule has 0 bridgehead atoms. The molecule has 0 amide bonds. The summed E-state index contributed by atoms with van der Waals surface area (Å²) in [5, 5.41) is 0. The van der Waals surface area contributed by atoms with Crippen molar-refractivity contribution in [1.82, 2.24) is 0 Å². The van der Waals surface area contributed by atoms with Gasteiger partial charge in [-0.3, -0.25) is 0 Å². The zero-order valence-corrected chi connectivity index (χ0v) is 12.0. The van der Waals surface area contributed by atoms with Gasteiger partial charge in [0.1, 0.15) is 0 Å². The minimum atomic E-state index is 1.11. The van der Waals surface area contributed by atoms with Crippen molar-refractivity contribution in [3.8, 4) is 0 Å². The van der Waals surface area contributed by atoms with Crippen molar-refractivity contribution in [1.29, 1.82) is 0 Å². The van der Waals surface area contributed by atoms with Crippen LogP contribution in [0.25, 0.3) is 5.57 Å². The van der Waals surface area contributed by atoms with E-state index in [4.69, 9.17) is 0 Å². The molecule has 0 aliphatic heterocycles. The summed E-state index contributed by atoms with van der Waals surface area (Å²) in [5.41, 5.74) is 8.57. The molecule has 0 aromatic heterocycles. The van der Waals surface area contributed by atoms with Crippen LogP contribution in [0.15, 0.2) is 22.1 Å². The molecule has 0 N–H and O–H groups in total. The number of aryl methyl sites for hydroxylation is 1. The number of hydrogen-bond donors (Lipinski definition) is 0. The Kier molecular flexibility index (Phi) is 3.23. The van der Waals surface area contributed by atoms with Gasteiger partial charge in [-0.2, -0.15) is 0 Å². The van der Waals surface area contributed by atoms with Crippen molar-refractivity contribution >= 4 is 5.57 Å². The molecule has 0 saturated heterocycles. The molecule has 0 nitrogen and oxygen atoms in total.